The van der Waals surface area contributed by atoms with Gasteiger partial charge in [0.05, 0.1) is 7.11 Å². The standard InChI is InChI=1S/C24H32N2O4.ClH/c1-29-22-12-8-21(9-13-22)26-16-14-25(15-17-26)18-19-30-23-10-6-20(7-11-23)4-2-3-5-24(27)28;/h6-13H,2-5,14-19H2,1H3,(H,27,28);1H. The van der Waals surface area contributed by atoms with Gasteiger partial charge in [-0.25, -0.2) is 0 Å². The number of carboxylic acids is 1. The molecule has 0 spiro atoms. The monoisotopic (exact) mass is 448 g/mol. The number of unbranched alkanes of at least 4 members (excludes halogenated alkanes) is 1. The van der Waals surface area contributed by atoms with E-state index in [0.717, 1.165) is 63.5 Å². The van der Waals surface area contributed by atoms with E-state index in [1.54, 1.807) is 7.11 Å². The van der Waals surface area contributed by atoms with Gasteiger partial charge in [-0.3, -0.25) is 9.69 Å². The Morgan fingerprint density at radius 1 is 0.935 bits per heavy atom. The van der Waals surface area contributed by atoms with Gasteiger partial charge >= 0.3 is 5.97 Å². The summed E-state index contributed by atoms with van der Waals surface area (Å²) >= 11 is 0. The number of hydrogen-bond acceptors (Lipinski definition) is 5. The molecular weight excluding hydrogens is 416 g/mol. The minimum absolute atomic E-state index is 0. The molecule has 0 saturated carbocycles. The summed E-state index contributed by atoms with van der Waals surface area (Å²) in [5, 5.41) is 8.68. The molecule has 0 bridgehead atoms. The molecule has 1 saturated heterocycles. The van der Waals surface area contributed by atoms with Crippen LogP contribution in [0.2, 0.25) is 0 Å². The van der Waals surface area contributed by atoms with Crippen LogP contribution in [-0.2, 0) is 11.2 Å². The van der Waals surface area contributed by atoms with Crippen LogP contribution in [0.15, 0.2) is 48.5 Å². The summed E-state index contributed by atoms with van der Waals surface area (Å²) in [6.07, 6.45) is 2.77. The van der Waals surface area contributed by atoms with E-state index in [1.165, 1.54) is 11.3 Å². The number of piperazine rings is 1. The van der Waals surface area contributed by atoms with Gasteiger partial charge in [0.25, 0.3) is 0 Å². The van der Waals surface area contributed by atoms with E-state index in [0.29, 0.717) is 6.61 Å². The lowest BCUT2D eigenvalue weighted by Gasteiger charge is -2.36. The lowest BCUT2D eigenvalue weighted by atomic mass is 10.1. The summed E-state index contributed by atoms with van der Waals surface area (Å²) < 4.78 is 11.1. The first-order valence-electron chi connectivity index (χ1n) is 10.7. The molecule has 0 aromatic heterocycles. The van der Waals surface area contributed by atoms with Crippen molar-refractivity contribution >= 4 is 24.1 Å². The molecule has 1 heterocycles. The summed E-state index contributed by atoms with van der Waals surface area (Å²) in [6, 6.07) is 16.4. The van der Waals surface area contributed by atoms with Crippen molar-refractivity contribution in [3.05, 3.63) is 54.1 Å². The van der Waals surface area contributed by atoms with Crippen LogP contribution in [0, 0.1) is 0 Å². The number of ether oxygens (including phenoxy) is 2. The second-order valence-corrected chi connectivity index (χ2v) is 7.62. The maximum absolute atomic E-state index is 10.5. The van der Waals surface area contributed by atoms with Crippen LogP contribution >= 0.6 is 12.4 Å². The largest absolute Gasteiger partial charge is 0.497 e. The maximum Gasteiger partial charge on any atom is 0.303 e. The molecule has 7 heteroatoms. The van der Waals surface area contributed by atoms with E-state index in [2.05, 4.69) is 34.1 Å². The van der Waals surface area contributed by atoms with Crippen molar-refractivity contribution in [1.82, 2.24) is 4.90 Å². The molecule has 1 aliphatic rings. The summed E-state index contributed by atoms with van der Waals surface area (Å²) in [5.41, 5.74) is 2.47. The number of carboxylic acid groups (broad SMARTS) is 1. The van der Waals surface area contributed by atoms with Gasteiger partial charge < -0.3 is 19.5 Å². The number of anilines is 1. The SMILES string of the molecule is COc1ccc(N2CCN(CCOc3ccc(CCCCC(=O)O)cc3)CC2)cc1.Cl. The number of methoxy groups -OCH3 is 1. The first-order chi connectivity index (χ1) is 14.6. The zero-order valence-electron chi connectivity index (χ0n) is 18.2. The molecule has 0 atom stereocenters. The van der Waals surface area contributed by atoms with Crippen molar-refractivity contribution in [2.24, 2.45) is 0 Å². The Labute approximate surface area is 191 Å². The van der Waals surface area contributed by atoms with Gasteiger partial charge in [-0.15, -0.1) is 12.4 Å². The average molecular weight is 449 g/mol. The van der Waals surface area contributed by atoms with Gasteiger partial charge in [0.15, 0.2) is 0 Å². The molecule has 2 aromatic rings. The van der Waals surface area contributed by atoms with Crippen LogP contribution in [0.1, 0.15) is 24.8 Å². The molecule has 6 nitrogen and oxygen atoms in total. The second-order valence-electron chi connectivity index (χ2n) is 7.62. The summed E-state index contributed by atoms with van der Waals surface area (Å²) in [4.78, 5) is 15.4. The fourth-order valence-electron chi connectivity index (χ4n) is 3.67. The van der Waals surface area contributed by atoms with Crippen LogP contribution in [-0.4, -0.2) is 62.4 Å². The number of carbonyl (C=O) groups is 1. The van der Waals surface area contributed by atoms with E-state index in [-0.39, 0.29) is 18.8 Å². The zero-order valence-corrected chi connectivity index (χ0v) is 19.0. The predicted molar refractivity (Wildman–Crippen MR) is 126 cm³/mol. The smallest absolute Gasteiger partial charge is 0.303 e. The summed E-state index contributed by atoms with van der Waals surface area (Å²) in [7, 11) is 1.69. The van der Waals surface area contributed by atoms with Crippen molar-refractivity contribution in [3.8, 4) is 11.5 Å². The van der Waals surface area contributed by atoms with Gasteiger partial charge in [-0.05, 0) is 61.2 Å². The number of nitrogens with zero attached hydrogens (tertiary/aromatic N) is 2. The summed E-state index contributed by atoms with van der Waals surface area (Å²) in [5.74, 6) is 1.06. The Morgan fingerprint density at radius 3 is 2.19 bits per heavy atom. The molecule has 1 fully saturated rings. The molecule has 3 rings (SSSR count). The highest BCUT2D eigenvalue weighted by Crippen LogP contribution is 2.20. The van der Waals surface area contributed by atoms with E-state index in [4.69, 9.17) is 14.6 Å². The third-order valence-electron chi connectivity index (χ3n) is 5.52. The van der Waals surface area contributed by atoms with Gasteiger partial charge in [0.1, 0.15) is 18.1 Å². The highest BCUT2D eigenvalue weighted by Gasteiger charge is 2.17. The zero-order chi connectivity index (χ0) is 21.2. The first kappa shape index (κ1) is 24.8. The number of rotatable bonds is 11. The fraction of sp³-hybridized carbons (Fsp3) is 0.458. The first-order valence-corrected chi connectivity index (χ1v) is 10.7. The minimum Gasteiger partial charge on any atom is -0.497 e. The Kier molecular flexibility index (Phi) is 10.5. The molecule has 1 aliphatic heterocycles. The van der Waals surface area contributed by atoms with Gasteiger partial charge in [-0.1, -0.05) is 12.1 Å². The van der Waals surface area contributed by atoms with E-state index in [1.807, 2.05) is 24.3 Å². The van der Waals surface area contributed by atoms with Crippen molar-refractivity contribution < 1.29 is 19.4 Å². The third-order valence-corrected chi connectivity index (χ3v) is 5.52. The Morgan fingerprint density at radius 2 is 1.58 bits per heavy atom. The number of benzene rings is 2. The van der Waals surface area contributed by atoms with Crippen LogP contribution in [0.3, 0.4) is 0 Å². The molecule has 0 radical (unpaired) electrons. The molecular formula is C24H33ClN2O4. The summed E-state index contributed by atoms with van der Waals surface area (Å²) in [6.45, 7) is 5.70. The molecule has 2 aromatic carbocycles. The van der Waals surface area contributed by atoms with Crippen molar-refractivity contribution in [3.63, 3.8) is 0 Å². The minimum atomic E-state index is -0.721. The van der Waals surface area contributed by atoms with E-state index in [9.17, 15) is 4.79 Å². The molecule has 170 valence electrons. The predicted octanol–water partition coefficient (Wildman–Crippen LogP) is 4.12. The number of aliphatic carboxylic acids is 1. The molecule has 0 aliphatic carbocycles. The highest BCUT2D eigenvalue weighted by atomic mass is 35.5. The second kappa shape index (κ2) is 13.1. The molecule has 1 N–H and O–H groups in total. The van der Waals surface area contributed by atoms with Gasteiger partial charge in [-0.2, -0.15) is 0 Å². The molecule has 0 amide bonds. The molecule has 0 unspecified atom stereocenters. The highest BCUT2D eigenvalue weighted by molar-refractivity contribution is 5.85. The van der Waals surface area contributed by atoms with Crippen LogP contribution in [0.25, 0.3) is 0 Å². The van der Waals surface area contributed by atoms with Crippen LogP contribution < -0.4 is 14.4 Å². The number of halogens is 1. The van der Waals surface area contributed by atoms with E-state index < -0.39 is 5.97 Å². The topological polar surface area (TPSA) is 62.2 Å². The Balaban J connectivity index is 0.00000341. The molecule has 31 heavy (non-hydrogen) atoms. The van der Waals surface area contributed by atoms with E-state index >= 15 is 0 Å². The van der Waals surface area contributed by atoms with Crippen LogP contribution in [0.5, 0.6) is 11.5 Å². The Hall–Kier alpha value is -2.44. The van der Waals surface area contributed by atoms with Crippen molar-refractivity contribution in [2.45, 2.75) is 25.7 Å². The number of aryl methyl sites for hydroxylation is 1. The fourth-order valence-corrected chi connectivity index (χ4v) is 3.67. The maximum atomic E-state index is 10.5. The average Bonchev–Trinajstić information content (AvgIpc) is 2.78. The lowest BCUT2D eigenvalue weighted by Crippen LogP contribution is -2.47. The lowest BCUT2D eigenvalue weighted by molar-refractivity contribution is -0.137. The number of hydrogen-bond donors (Lipinski definition) is 1. The Bertz CT molecular complexity index is 775. The van der Waals surface area contributed by atoms with Crippen LogP contribution in [0.4, 0.5) is 5.69 Å². The normalized spacial score (nSPS) is 14.0. The quantitative estimate of drug-likeness (QED) is 0.522. The van der Waals surface area contributed by atoms with Crippen molar-refractivity contribution in [1.29, 1.82) is 0 Å². The van der Waals surface area contributed by atoms with Gasteiger partial charge in [0.2, 0.25) is 0 Å². The third kappa shape index (κ3) is 8.31. The van der Waals surface area contributed by atoms with Gasteiger partial charge in [0, 0.05) is 44.8 Å². The van der Waals surface area contributed by atoms with Crippen molar-refractivity contribution in [2.75, 3.05) is 51.3 Å².